The molecule has 0 saturated heterocycles. The highest BCUT2D eigenvalue weighted by molar-refractivity contribution is 7.92. The zero-order chi connectivity index (χ0) is 21.4. The van der Waals surface area contributed by atoms with Gasteiger partial charge in [-0.1, -0.05) is 18.2 Å². The maximum Gasteiger partial charge on any atom is 0.232 e. The molecule has 0 aliphatic rings. The highest BCUT2D eigenvalue weighted by Gasteiger charge is 2.18. The van der Waals surface area contributed by atoms with Crippen molar-refractivity contribution >= 4 is 21.6 Å². The molecule has 6 nitrogen and oxygen atoms in total. The molecule has 0 aliphatic heterocycles. The van der Waals surface area contributed by atoms with Crippen molar-refractivity contribution in [3.8, 4) is 5.75 Å². The molecule has 29 heavy (non-hydrogen) atoms. The summed E-state index contributed by atoms with van der Waals surface area (Å²) in [5.41, 5.74) is 1.39. The third kappa shape index (κ3) is 7.38. The van der Waals surface area contributed by atoms with Crippen LogP contribution in [0.2, 0.25) is 0 Å². The number of anilines is 1. The van der Waals surface area contributed by atoms with Gasteiger partial charge in [0.25, 0.3) is 0 Å². The van der Waals surface area contributed by atoms with Crippen molar-refractivity contribution < 1.29 is 22.3 Å². The van der Waals surface area contributed by atoms with Crippen LogP contribution >= 0.6 is 0 Å². The van der Waals surface area contributed by atoms with Crippen LogP contribution in [0.15, 0.2) is 48.5 Å². The second kappa shape index (κ2) is 10.2. The highest BCUT2D eigenvalue weighted by Crippen LogP contribution is 2.19. The van der Waals surface area contributed by atoms with Gasteiger partial charge in [0.05, 0.1) is 18.0 Å². The lowest BCUT2D eigenvalue weighted by atomic mass is 10.2. The van der Waals surface area contributed by atoms with Gasteiger partial charge < -0.3 is 10.1 Å². The lowest BCUT2D eigenvalue weighted by Gasteiger charge is -2.22. The minimum Gasteiger partial charge on any atom is -0.491 e. The number of nitrogens with zero attached hydrogens (tertiary/aromatic N) is 1. The molecule has 158 valence electrons. The van der Waals surface area contributed by atoms with Gasteiger partial charge in [-0.25, -0.2) is 12.8 Å². The van der Waals surface area contributed by atoms with Crippen LogP contribution in [-0.4, -0.2) is 39.8 Å². The van der Waals surface area contributed by atoms with E-state index >= 15 is 0 Å². The first-order valence-corrected chi connectivity index (χ1v) is 11.2. The molecule has 1 N–H and O–H groups in total. The monoisotopic (exact) mass is 422 g/mol. The number of aryl methyl sites for hydroxylation is 1. The number of halogens is 1. The van der Waals surface area contributed by atoms with Gasteiger partial charge in [0.15, 0.2) is 0 Å². The summed E-state index contributed by atoms with van der Waals surface area (Å²) in [6.45, 7) is 4.26. The molecular formula is C21H27FN2O4S. The summed E-state index contributed by atoms with van der Waals surface area (Å²) < 4.78 is 44.0. The van der Waals surface area contributed by atoms with Gasteiger partial charge >= 0.3 is 0 Å². The molecule has 2 rings (SSSR count). The highest BCUT2D eigenvalue weighted by atomic mass is 32.2. The number of benzene rings is 2. The maximum absolute atomic E-state index is 13.1. The second-order valence-electron chi connectivity index (χ2n) is 6.96. The van der Waals surface area contributed by atoms with E-state index in [1.54, 1.807) is 0 Å². The molecule has 0 bridgehead atoms. The summed E-state index contributed by atoms with van der Waals surface area (Å²) in [5, 5.41) is 2.85. The Balaban J connectivity index is 1.81. The number of amides is 1. The van der Waals surface area contributed by atoms with E-state index < -0.39 is 15.8 Å². The largest absolute Gasteiger partial charge is 0.491 e. The number of sulfonamides is 1. The van der Waals surface area contributed by atoms with Crippen molar-refractivity contribution in [2.75, 3.05) is 23.7 Å². The smallest absolute Gasteiger partial charge is 0.232 e. The summed E-state index contributed by atoms with van der Waals surface area (Å²) in [6.07, 6.45) is 1.59. The van der Waals surface area contributed by atoms with Crippen molar-refractivity contribution in [2.45, 2.75) is 32.7 Å². The standard InChI is InChI=1S/C21H27FN2O4S/c1-16-7-4-5-8-20(16)28-15-17(2)23-21(25)9-6-14-24(29(3,26)27)19-12-10-18(22)11-13-19/h4-5,7-8,10-13,17H,6,9,14-15H2,1-3H3,(H,23,25)/t17-/m1/s1. The number of rotatable bonds is 10. The van der Waals surface area contributed by atoms with Crippen LogP contribution in [0.4, 0.5) is 10.1 Å². The summed E-state index contributed by atoms with van der Waals surface area (Å²) in [5.74, 6) is 0.151. The summed E-state index contributed by atoms with van der Waals surface area (Å²) >= 11 is 0. The van der Waals surface area contributed by atoms with Crippen LogP contribution in [0.25, 0.3) is 0 Å². The predicted molar refractivity (Wildman–Crippen MR) is 112 cm³/mol. The van der Waals surface area contributed by atoms with Gasteiger partial charge in [-0.15, -0.1) is 0 Å². The van der Waals surface area contributed by atoms with Crippen molar-refractivity contribution in [2.24, 2.45) is 0 Å². The Morgan fingerprint density at radius 2 is 1.83 bits per heavy atom. The number of nitrogens with one attached hydrogen (secondary N) is 1. The van der Waals surface area contributed by atoms with Crippen LogP contribution in [0, 0.1) is 12.7 Å². The van der Waals surface area contributed by atoms with Gasteiger partial charge in [0.1, 0.15) is 18.2 Å². The molecular weight excluding hydrogens is 395 g/mol. The zero-order valence-corrected chi connectivity index (χ0v) is 17.7. The molecule has 0 heterocycles. The van der Waals surface area contributed by atoms with Gasteiger partial charge in [-0.3, -0.25) is 9.10 Å². The molecule has 2 aromatic rings. The molecule has 1 atom stereocenters. The molecule has 0 unspecified atom stereocenters. The third-order valence-electron chi connectivity index (χ3n) is 4.27. The molecule has 0 aromatic heterocycles. The van der Waals surface area contributed by atoms with E-state index in [4.69, 9.17) is 4.74 Å². The SMILES string of the molecule is Cc1ccccc1OC[C@@H](C)NC(=O)CCCN(c1ccc(F)cc1)S(C)(=O)=O. The fourth-order valence-corrected chi connectivity index (χ4v) is 3.76. The van der Waals surface area contributed by atoms with Crippen molar-refractivity contribution in [3.63, 3.8) is 0 Å². The maximum atomic E-state index is 13.1. The fraction of sp³-hybridized carbons (Fsp3) is 0.381. The predicted octanol–water partition coefficient (Wildman–Crippen LogP) is 3.26. The lowest BCUT2D eigenvalue weighted by molar-refractivity contribution is -0.121. The van der Waals surface area contributed by atoms with Crippen LogP contribution in [0.3, 0.4) is 0 Å². The van der Waals surface area contributed by atoms with Crippen molar-refractivity contribution in [1.29, 1.82) is 0 Å². The van der Waals surface area contributed by atoms with E-state index in [0.29, 0.717) is 18.7 Å². The Labute approximate surface area is 171 Å². The summed E-state index contributed by atoms with van der Waals surface area (Å²) in [7, 11) is -3.54. The Bertz CT molecular complexity index is 917. The van der Waals surface area contributed by atoms with E-state index in [0.717, 1.165) is 17.6 Å². The van der Waals surface area contributed by atoms with Gasteiger partial charge in [0.2, 0.25) is 15.9 Å². The number of carbonyl (C=O) groups is 1. The Kier molecular flexibility index (Phi) is 8.01. The van der Waals surface area contributed by atoms with Crippen LogP contribution in [0.5, 0.6) is 5.75 Å². The number of carbonyl (C=O) groups excluding carboxylic acids is 1. The molecule has 0 radical (unpaired) electrons. The Morgan fingerprint density at radius 1 is 1.17 bits per heavy atom. The van der Waals surface area contributed by atoms with E-state index in [1.807, 2.05) is 38.1 Å². The number of para-hydroxylation sites is 1. The van der Waals surface area contributed by atoms with Crippen LogP contribution < -0.4 is 14.4 Å². The first kappa shape index (κ1) is 22.7. The number of ether oxygens (including phenoxy) is 1. The molecule has 0 spiro atoms. The molecule has 0 aliphatic carbocycles. The normalized spacial score (nSPS) is 12.3. The number of hydrogen-bond acceptors (Lipinski definition) is 4. The first-order chi connectivity index (χ1) is 13.7. The minimum absolute atomic E-state index is 0.131. The van der Waals surface area contributed by atoms with Gasteiger partial charge in [0, 0.05) is 13.0 Å². The number of hydrogen-bond donors (Lipinski definition) is 1. The van der Waals surface area contributed by atoms with E-state index in [-0.39, 0.29) is 24.9 Å². The minimum atomic E-state index is -3.54. The lowest BCUT2D eigenvalue weighted by Crippen LogP contribution is -2.37. The molecule has 1 amide bonds. The van der Waals surface area contributed by atoms with E-state index in [1.165, 1.54) is 28.6 Å². The third-order valence-corrected chi connectivity index (χ3v) is 5.46. The van der Waals surface area contributed by atoms with Crippen LogP contribution in [0.1, 0.15) is 25.3 Å². The molecule has 8 heteroatoms. The van der Waals surface area contributed by atoms with Gasteiger partial charge in [-0.2, -0.15) is 0 Å². The molecule has 0 saturated carbocycles. The van der Waals surface area contributed by atoms with Crippen molar-refractivity contribution in [3.05, 3.63) is 59.9 Å². The molecule has 2 aromatic carbocycles. The van der Waals surface area contributed by atoms with Crippen molar-refractivity contribution in [1.82, 2.24) is 5.32 Å². The molecule has 0 fully saturated rings. The second-order valence-corrected chi connectivity index (χ2v) is 8.87. The Hall–Kier alpha value is -2.61. The summed E-state index contributed by atoms with van der Waals surface area (Å²) in [6, 6.07) is 12.7. The Morgan fingerprint density at radius 3 is 2.45 bits per heavy atom. The topological polar surface area (TPSA) is 75.7 Å². The van der Waals surface area contributed by atoms with E-state index in [2.05, 4.69) is 5.32 Å². The average Bonchev–Trinajstić information content (AvgIpc) is 2.64. The van der Waals surface area contributed by atoms with Gasteiger partial charge in [-0.05, 0) is 56.2 Å². The van der Waals surface area contributed by atoms with Crippen LogP contribution in [-0.2, 0) is 14.8 Å². The first-order valence-electron chi connectivity index (χ1n) is 9.38. The zero-order valence-electron chi connectivity index (χ0n) is 16.9. The van der Waals surface area contributed by atoms with E-state index in [9.17, 15) is 17.6 Å². The summed E-state index contributed by atoms with van der Waals surface area (Å²) in [4.78, 5) is 12.2. The average molecular weight is 423 g/mol. The fourth-order valence-electron chi connectivity index (χ4n) is 2.80. The quantitative estimate of drug-likeness (QED) is 0.638.